The molecule has 6 aliphatic rings. The highest BCUT2D eigenvalue weighted by molar-refractivity contribution is 5.99. The molecule has 1 nitrogen and oxygen atoms in total. The summed E-state index contributed by atoms with van der Waals surface area (Å²) in [6.07, 6.45) is 15.4. The standard InChI is InChI=1S/C53H53N/c1-52(2)48-19-11-18-45(38-12-5-3-6-13-38)51(48)46-25-24-44(31-49(46)52)54(50-30-41-17-10-9-16-40(41)29-47(50)39-14-7-4-8-15-39)43-22-20-42(21-23-43)53-32-35-26-36(33-53)28-37(27-35)34-53/h4,7-11,14-25,29-31,35-38H,3,5-6,12-13,26-28,32-34H2,1-2H3. The van der Waals surface area contributed by atoms with Crippen LogP contribution in [0.4, 0.5) is 17.1 Å². The smallest absolute Gasteiger partial charge is 0.0546 e. The van der Waals surface area contributed by atoms with Gasteiger partial charge >= 0.3 is 0 Å². The highest BCUT2D eigenvalue weighted by Gasteiger charge is 2.51. The molecule has 0 unspecified atom stereocenters. The Morgan fingerprint density at radius 3 is 1.89 bits per heavy atom. The molecule has 5 saturated carbocycles. The predicted molar refractivity (Wildman–Crippen MR) is 227 cm³/mol. The molecular weight excluding hydrogens is 651 g/mol. The van der Waals surface area contributed by atoms with Gasteiger partial charge in [-0.05, 0) is 167 Å². The van der Waals surface area contributed by atoms with Crippen LogP contribution in [0.15, 0.2) is 127 Å². The maximum absolute atomic E-state index is 2.58. The van der Waals surface area contributed by atoms with E-state index in [1.165, 1.54) is 132 Å². The SMILES string of the molecule is CC1(C)c2cc(N(c3ccc(C45CC6CC(CC(C6)C4)C5)cc3)c3cc4ccccc4cc3-c3ccccc3)ccc2-c2c(C3CCCCC3)cccc21. The summed E-state index contributed by atoms with van der Waals surface area (Å²) in [5.41, 5.74) is 15.6. The van der Waals surface area contributed by atoms with E-state index in [-0.39, 0.29) is 5.41 Å². The van der Waals surface area contributed by atoms with Gasteiger partial charge in [0.05, 0.1) is 5.69 Å². The molecule has 0 saturated heterocycles. The highest BCUT2D eigenvalue weighted by Crippen LogP contribution is 2.61. The van der Waals surface area contributed by atoms with Crippen LogP contribution in [-0.4, -0.2) is 0 Å². The molecule has 12 rings (SSSR count). The fourth-order valence-electron chi connectivity index (χ4n) is 12.8. The zero-order valence-electron chi connectivity index (χ0n) is 32.2. The molecular formula is C53H53N. The van der Waals surface area contributed by atoms with Crippen LogP contribution in [0.3, 0.4) is 0 Å². The molecule has 6 aliphatic carbocycles. The van der Waals surface area contributed by atoms with Crippen molar-refractivity contribution >= 4 is 27.8 Å². The fraction of sp³-hybridized carbons (Fsp3) is 0.358. The van der Waals surface area contributed by atoms with E-state index in [0.717, 1.165) is 17.8 Å². The molecule has 6 aromatic rings. The Balaban J connectivity index is 1.09. The summed E-state index contributed by atoms with van der Waals surface area (Å²) in [5, 5.41) is 2.55. The van der Waals surface area contributed by atoms with Crippen LogP contribution >= 0.6 is 0 Å². The number of fused-ring (bicyclic) bond motifs is 4. The topological polar surface area (TPSA) is 3.24 Å². The molecule has 6 aromatic carbocycles. The Labute approximate surface area is 322 Å². The third-order valence-corrected chi connectivity index (χ3v) is 15.0. The van der Waals surface area contributed by atoms with Gasteiger partial charge in [0.1, 0.15) is 0 Å². The van der Waals surface area contributed by atoms with E-state index in [1.54, 1.807) is 11.1 Å². The molecule has 0 aromatic heterocycles. The van der Waals surface area contributed by atoms with Gasteiger partial charge in [-0.25, -0.2) is 0 Å². The summed E-state index contributed by atoms with van der Waals surface area (Å²) in [6, 6.07) is 49.4. The van der Waals surface area contributed by atoms with Crippen molar-refractivity contribution in [3.63, 3.8) is 0 Å². The number of nitrogens with zero attached hydrogens (tertiary/aromatic N) is 1. The van der Waals surface area contributed by atoms with Gasteiger partial charge in [-0.15, -0.1) is 0 Å². The maximum atomic E-state index is 2.58. The number of benzene rings is 6. The van der Waals surface area contributed by atoms with Crippen LogP contribution in [0, 0.1) is 17.8 Å². The van der Waals surface area contributed by atoms with E-state index in [4.69, 9.17) is 0 Å². The number of rotatable bonds is 6. The molecule has 0 amide bonds. The van der Waals surface area contributed by atoms with Crippen LogP contribution in [-0.2, 0) is 10.8 Å². The first-order chi connectivity index (χ1) is 26.4. The Morgan fingerprint density at radius 2 is 1.19 bits per heavy atom. The average Bonchev–Trinajstić information content (AvgIpc) is 3.43. The van der Waals surface area contributed by atoms with Crippen molar-refractivity contribution in [2.75, 3.05) is 4.90 Å². The summed E-state index contributed by atoms with van der Waals surface area (Å²) in [6.45, 7) is 4.92. The molecule has 0 aliphatic heterocycles. The van der Waals surface area contributed by atoms with Crippen molar-refractivity contribution in [3.05, 3.63) is 150 Å². The summed E-state index contributed by atoms with van der Waals surface area (Å²) in [7, 11) is 0. The second kappa shape index (κ2) is 12.5. The molecule has 0 radical (unpaired) electrons. The van der Waals surface area contributed by atoms with Gasteiger partial charge in [-0.2, -0.15) is 0 Å². The van der Waals surface area contributed by atoms with Crippen LogP contribution in [0.5, 0.6) is 0 Å². The third-order valence-electron chi connectivity index (χ3n) is 15.0. The van der Waals surface area contributed by atoms with E-state index in [0.29, 0.717) is 11.3 Å². The summed E-state index contributed by atoms with van der Waals surface area (Å²) < 4.78 is 0. The van der Waals surface area contributed by atoms with Crippen molar-refractivity contribution in [3.8, 4) is 22.3 Å². The van der Waals surface area contributed by atoms with Crippen LogP contribution in [0.2, 0.25) is 0 Å². The first kappa shape index (κ1) is 32.8. The van der Waals surface area contributed by atoms with Crippen molar-refractivity contribution < 1.29 is 0 Å². The Kier molecular flexibility index (Phi) is 7.56. The Bertz CT molecular complexity index is 2340. The zero-order valence-corrected chi connectivity index (χ0v) is 32.2. The first-order valence-corrected chi connectivity index (χ1v) is 21.2. The van der Waals surface area contributed by atoms with E-state index in [2.05, 4.69) is 146 Å². The number of anilines is 3. The van der Waals surface area contributed by atoms with Crippen molar-refractivity contribution in [2.45, 2.75) is 101 Å². The molecule has 270 valence electrons. The quantitative estimate of drug-likeness (QED) is 0.167. The zero-order chi connectivity index (χ0) is 36.0. The number of hydrogen-bond acceptors (Lipinski definition) is 1. The fourth-order valence-corrected chi connectivity index (χ4v) is 12.8. The molecule has 0 atom stereocenters. The van der Waals surface area contributed by atoms with Crippen molar-refractivity contribution in [1.82, 2.24) is 0 Å². The van der Waals surface area contributed by atoms with E-state index in [9.17, 15) is 0 Å². The van der Waals surface area contributed by atoms with E-state index >= 15 is 0 Å². The first-order valence-electron chi connectivity index (χ1n) is 21.2. The van der Waals surface area contributed by atoms with Crippen molar-refractivity contribution in [1.29, 1.82) is 0 Å². The Morgan fingerprint density at radius 1 is 0.537 bits per heavy atom. The molecule has 5 fully saturated rings. The molecule has 0 spiro atoms. The van der Waals surface area contributed by atoms with Gasteiger partial charge in [0.25, 0.3) is 0 Å². The van der Waals surface area contributed by atoms with E-state index in [1.807, 2.05) is 0 Å². The van der Waals surface area contributed by atoms with Gasteiger partial charge in [-0.3, -0.25) is 0 Å². The van der Waals surface area contributed by atoms with Crippen LogP contribution in [0.25, 0.3) is 33.0 Å². The third kappa shape index (κ3) is 5.17. The monoisotopic (exact) mass is 703 g/mol. The molecule has 1 heteroatoms. The van der Waals surface area contributed by atoms with Gasteiger partial charge < -0.3 is 4.90 Å². The molecule has 4 bridgehead atoms. The average molecular weight is 704 g/mol. The largest absolute Gasteiger partial charge is 0.310 e. The summed E-state index contributed by atoms with van der Waals surface area (Å²) in [5.74, 6) is 3.49. The molecule has 0 heterocycles. The van der Waals surface area contributed by atoms with Gasteiger partial charge in [-0.1, -0.05) is 124 Å². The lowest BCUT2D eigenvalue weighted by Gasteiger charge is -2.57. The lowest BCUT2D eigenvalue weighted by Crippen LogP contribution is -2.48. The highest BCUT2D eigenvalue weighted by atomic mass is 15.1. The second-order valence-corrected chi connectivity index (χ2v) is 18.6. The predicted octanol–water partition coefficient (Wildman–Crippen LogP) is 14.8. The van der Waals surface area contributed by atoms with Crippen molar-refractivity contribution in [2.24, 2.45) is 17.8 Å². The van der Waals surface area contributed by atoms with Gasteiger partial charge in [0.15, 0.2) is 0 Å². The maximum Gasteiger partial charge on any atom is 0.0546 e. The minimum atomic E-state index is -0.0783. The van der Waals surface area contributed by atoms with E-state index < -0.39 is 0 Å². The normalized spacial score (nSPS) is 25.1. The van der Waals surface area contributed by atoms with Gasteiger partial charge in [0.2, 0.25) is 0 Å². The summed E-state index contributed by atoms with van der Waals surface area (Å²) >= 11 is 0. The summed E-state index contributed by atoms with van der Waals surface area (Å²) in [4.78, 5) is 2.58. The number of hydrogen-bond donors (Lipinski definition) is 0. The minimum absolute atomic E-state index is 0.0783. The lowest BCUT2D eigenvalue weighted by molar-refractivity contribution is -0.00518. The van der Waals surface area contributed by atoms with Crippen LogP contribution in [0.1, 0.15) is 113 Å². The lowest BCUT2D eigenvalue weighted by atomic mass is 9.48. The second-order valence-electron chi connectivity index (χ2n) is 18.6. The Hall–Kier alpha value is -4.62. The minimum Gasteiger partial charge on any atom is -0.310 e. The molecule has 0 N–H and O–H groups in total. The molecule has 54 heavy (non-hydrogen) atoms. The van der Waals surface area contributed by atoms with Crippen LogP contribution < -0.4 is 4.90 Å². The van der Waals surface area contributed by atoms with Gasteiger partial charge in [0, 0.05) is 22.4 Å².